The van der Waals surface area contributed by atoms with Crippen LogP contribution in [0, 0.1) is 11.8 Å². The summed E-state index contributed by atoms with van der Waals surface area (Å²) in [4.78, 5) is 16.0. The summed E-state index contributed by atoms with van der Waals surface area (Å²) >= 11 is 0. The van der Waals surface area contributed by atoms with Gasteiger partial charge in [-0.3, -0.25) is 4.79 Å². The van der Waals surface area contributed by atoms with Crippen LogP contribution in [0.25, 0.3) is 0 Å². The molecule has 0 fully saturated rings. The highest BCUT2D eigenvalue weighted by Gasteiger charge is 2.20. The SMILES string of the molecule is CCN(CCO)C(=O)c1ccnc(F)c1F. The Hall–Kier alpha value is -1.56. The summed E-state index contributed by atoms with van der Waals surface area (Å²) in [5, 5.41) is 8.71. The fourth-order valence-corrected chi connectivity index (χ4v) is 1.28. The Balaban J connectivity index is 2.99. The molecule has 0 saturated heterocycles. The number of carbonyl (C=O) groups is 1. The quantitative estimate of drug-likeness (QED) is 0.779. The molecule has 0 unspecified atom stereocenters. The average molecular weight is 230 g/mol. The van der Waals surface area contributed by atoms with Gasteiger partial charge in [0, 0.05) is 19.3 Å². The monoisotopic (exact) mass is 230 g/mol. The van der Waals surface area contributed by atoms with Gasteiger partial charge < -0.3 is 10.0 Å². The number of amides is 1. The summed E-state index contributed by atoms with van der Waals surface area (Å²) in [5.41, 5.74) is -0.372. The molecule has 6 heteroatoms. The lowest BCUT2D eigenvalue weighted by atomic mass is 10.2. The molecule has 1 aromatic heterocycles. The molecule has 1 N–H and O–H groups in total. The van der Waals surface area contributed by atoms with Crippen LogP contribution in [0.4, 0.5) is 8.78 Å². The molecule has 1 rings (SSSR count). The van der Waals surface area contributed by atoms with Gasteiger partial charge in [0.2, 0.25) is 5.95 Å². The standard InChI is InChI=1S/C10H12F2N2O2/c1-2-14(5-6-15)10(16)7-3-4-13-9(12)8(7)11/h3-4,15H,2,5-6H2,1H3. The number of aliphatic hydroxyl groups excluding tert-OH is 1. The Morgan fingerprint density at radius 3 is 2.81 bits per heavy atom. The predicted molar refractivity (Wildman–Crippen MR) is 52.8 cm³/mol. The van der Waals surface area contributed by atoms with Crippen molar-refractivity contribution in [1.82, 2.24) is 9.88 Å². The molecule has 0 aliphatic carbocycles. The Bertz CT molecular complexity index is 385. The second-order valence-electron chi connectivity index (χ2n) is 3.07. The number of nitrogens with zero attached hydrogens (tertiary/aromatic N) is 2. The summed E-state index contributed by atoms with van der Waals surface area (Å²) in [6.45, 7) is 1.85. The maximum atomic E-state index is 13.2. The third-order valence-electron chi connectivity index (χ3n) is 2.12. The highest BCUT2D eigenvalue weighted by molar-refractivity contribution is 5.94. The molecule has 1 amide bonds. The van der Waals surface area contributed by atoms with E-state index in [1.807, 2.05) is 0 Å². The third kappa shape index (κ3) is 2.52. The Morgan fingerprint density at radius 2 is 2.25 bits per heavy atom. The number of likely N-dealkylation sites (N-methyl/N-ethyl adjacent to an activating group) is 1. The summed E-state index contributed by atoms with van der Waals surface area (Å²) in [6, 6.07) is 1.11. The van der Waals surface area contributed by atoms with E-state index in [-0.39, 0.29) is 18.7 Å². The topological polar surface area (TPSA) is 53.4 Å². The van der Waals surface area contributed by atoms with Gasteiger partial charge in [-0.1, -0.05) is 0 Å². The van der Waals surface area contributed by atoms with Crippen molar-refractivity contribution < 1.29 is 18.7 Å². The van der Waals surface area contributed by atoms with Crippen molar-refractivity contribution in [3.8, 4) is 0 Å². The molecule has 4 nitrogen and oxygen atoms in total. The van der Waals surface area contributed by atoms with E-state index in [2.05, 4.69) is 4.98 Å². The molecular formula is C10H12F2N2O2. The van der Waals surface area contributed by atoms with Gasteiger partial charge in [0.1, 0.15) is 0 Å². The zero-order valence-electron chi connectivity index (χ0n) is 8.78. The molecular weight excluding hydrogens is 218 g/mol. The largest absolute Gasteiger partial charge is 0.395 e. The van der Waals surface area contributed by atoms with Gasteiger partial charge in [-0.05, 0) is 13.0 Å². The lowest BCUT2D eigenvalue weighted by molar-refractivity contribution is 0.0725. The number of aromatic nitrogens is 1. The van der Waals surface area contributed by atoms with E-state index in [1.54, 1.807) is 6.92 Å². The maximum absolute atomic E-state index is 13.2. The zero-order valence-corrected chi connectivity index (χ0v) is 8.78. The number of aliphatic hydroxyl groups is 1. The lowest BCUT2D eigenvalue weighted by Crippen LogP contribution is -2.34. The maximum Gasteiger partial charge on any atom is 0.257 e. The number of rotatable bonds is 4. The number of carbonyl (C=O) groups excluding carboxylic acids is 1. The van der Waals surface area contributed by atoms with Crippen LogP contribution in [0.15, 0.2) is 12.3 Å². The first-order valence-corrected chi connectivity index (χ1v) is 4.82. The van der Waals surface area contributed by atoms with Crippen LogP contribution in [0.2, 0.25) is 0 Å². The first-order chi connectivity index (χ1) is 7.61. The van der Waals surface area contributed by atoms with Crippen LogP contribution in [-0.4, -0.2) is 40.6 Å². The molecule has 88 valence electrons. The first-order valence-electron chi connectivity index (χ1n) is 4.82. The van der Waals surface area contributed by atoms with Gasteiger partial charge in [-0.15, -0.1) is 0 Å². The van der Waals surface area contributed by atoms with Crippen molar-refractivity contribution in [2.75, 3.05) is 19.7 Å². The molecule has 0 aromatic carbocycles. The van der Waals surface area contributed by atoms with Crippen LogP contribution >= 0.6 is 0 Å². The minimum atomic E-state index is -1.30. The van der Waals surface area contributed by atoms with E-state index in [1.165, 1.54) is 4.90 Å². The molecule has 0 bridgehead atoms. The fraction of sp³-hybridized carbons (Fsp3) is 0.400. The van der Waals surface area contributed by atoms with Gasteiger partial charge in [-0.2, -0.15) is 4.39 Å². The lowest BCUT2D eigenvalue weighted by Gasteiger charge is -2.19. The first kappa shape index (κ1) is 12.5. The molecule has 1 heterocycles. The molecule has 0 aliphatic heterocycles. The van der Waals surface area contributed by atoms with Gasteiger partial charge in [-0.25, -0.2) is 9.37 Å². The van der Waals surface area contributed by atoms with Gasteiger partial charge in [0.25, 0.3) is 5.91 Å². The van der Waals surface area contributed by atoms with Gasteiger partial charge in [0.05, 0.1) is 12.2 Å². The zero-order chi connectivity index (χ0) is 12.1. The fourth-order valence-electron chi connectivity index (χ4n) is 1.28. The van der Waals surface area contributed by atoms with Crippen molar-refractivity contribution in [3.63, 3.8) is 0 Å². The highest BCUT2D eigenvalue weighted by Crippen LogP contribution is 2.11. The van der Waals surface area contributed by atoms with E-state index in [4.69, 9.17) is 5.11 Å². The minimum absolute atomic E-state index is 0.0821. The van der Waals surface area contributed by atoms with Crippen molar-refractivity contribution in [3.05, 3.63) is 29.6 Å². The van der Waals surface area contributed by atoms with Gasteiger partial charge in [0.15, 0.2) is 5.82 Å². The van der Waals surface area contributed by atoms with Crippen LogP contribution < -0.4 is 0 Å². The summed E-state index contributed by atoms with van der Waals surface area (Å²) in [5.74, 6) is -3.22. The molecule has 0 radical (unpaired) electrons. The van der Waals surface area contributed by atoms with Crippen molar-refractivity contribution in [2.24, 2.45) is 0 Å². The Morgan fingerprint density at radius 1 is 1.56 bits per heavy atom. The molecule has 1 aromatic rings. The van der Waals surface area contributed by atoms with Crippen molar-refractivity contribution >= 4 is 5.91 Å². The van der Waals surface area contributed by atoms with E-state index in [9.17, 15) is 13.6 Å². The van der Waals surface area contributed by atoms with Crippen LogP contribution in [0.1, 0.15) is 17.3 Å². The summed E-state index contributed by atoms with van der Waals surface area (Å²) in [7, 11) is 0. The predicted octanol–water partition coefficient (Wildman–Crippen LogP) is 0.814. The molecule has 0 atom stereocenters. The third-order valence-corrected chi connectivity index (χ3v) is 2.12. The normalized spacial score (nSPS) is 10.2. The molecule has 0 aliphatic rings. The second-order valence-corrected chi connectivity index (χ2v) is 3.07. The Labute approximate surface area is 91.5 Å². The van der Waals surface area contributed by atoms with E-state index < -0.39 is 17.7 Å². The van der Waals surface area contributed by atoms with E-state index >= 15 is 0 Å². The summed E-state index contributed by atoms with van der Waals surface area (Å²) < 4.78 is 26.0. The minimum Gasteiger partial charge on any atom is -0.395 e. The van der Waals surface area contributed by atoms with Crippen LogP contribution in [-0.2, 0) is 0 Å². The van der Waals surface area contributed by atoms with E-state index in [0.717, 1.165) is 12.3 Å². The van der Waals surface area contributed by atoms with Crippen LogP contribution in [0.5, 0.6) is 0 Å². The molecule has 0 spiro atoms. The average Bonchev–Trinajstić information content (AvgIpc) is 2.29. The molecule has 16 heavy (non-hydrogen) atoms. The smallest absolute Gasteiger partial charge is 0.257 e. The number of pyridine rings is 1. The van der Waals surface area contributed by atoms with Crippen LogP contribution in [0.3, 0.4) is 0 Å². The van der Waals surface area contributed by atoms with Crippen molar-refractivity contribution in [2.45, 2.75) is 6.92 Å². The highest BCUT2D eigenvalue weighted by atomic mass is 19.2. The van der Waals surface area contributed by atoms with Gasteiger partial charge >= 0.3 is 0 Å². The van der Waals surface area contributed by atoms with E-state index in [0.29, 0.717) is 6.54 Å². The van der Waals surface area contributed by atoms with Crippen molar-refractivity contribution in [1.29, 1.82) is 0 Å². The number of halogens is 2. The second kappa shape index (κ2) is 5.50. The summed E-state index contributed by atoms with van der Waals surface area (Å²) in [6.07, 6.45) is 1.03. The Kier molecular flexibility index (Phi) is 4.30. The molecule has 0 saturated carbocycles. The number of hydrogen-bond donors (Lipinski definition) is 1. The number of hydrogen-bond acceptors (Lipinski definition) is 3.